The van der Waals surface area contributed by atoms with E-state index in [1.54, 1.807) is 14.8 Å². The molecule has 4 fully saturated rings. The van der Waals surface area contributed by atoms with E-state index in [1.807, 2.05) is 10.9 Å². The van der Waals surface area contributed by atoms with Gasteiger partial charge in [0.2, 0.25) is 0 Å². The molecule has 9 nitrogen and oxygen atoms in total. The van der Waals surface area contributed by atoms with Crippen molar-refractivity contribution in [3.63, 3.8) is 0 Å². The Kier molecular flexibility index (Phi) is 5.37. The summed E-state index contributed by atoms with van der Waals surface area (Å²) < 4.78 is 31.8. The lowest BCUT2D eigenvalue weighted by atomic mass is 10.0. The first-order valence-corrected chi connectivity index (χ1v) is 12.7. The number of amides is 1. The van der Waals surface area contributed by atoms with Crippen LogP contribution in [0.25, 0.3) is 0 Å². The third kappa shape index (κ3) is 4.02. The average molecular weight is 437 g/mol. The fourth-order valence-corrected chi connectivity index (χ4v) is 7.13. The Bertz CT molecular complexity index is 890. The quantitative estimate of drug-likeness (QED) is 0.711. The second-order valence-electron chi connectivity index (χ2n) is 9.49. The van der Waals surface area contributed by atoms with Gasteiger partial charge in [-0.1, -0.05) is 0 Å². The molecule has 2 aliphatic heterocycles. The molecule has 2 aliphatic carbocycles. The predicted octanol–water partition coefficient (Wildman–Crippen LogP) is 0.859. The van der Waals surface area contributed by atoms with Crippen LogP contribution < -0.4 is 11.1 Å². The number of fused-ring (bicyclic) bond motifs is 2. The van der Waals surface area contributed by atoms with Gasteiger partial charge in [0.1, 0.15) is 0 Å². The van der Waals surface area contributed by atoms with Crippen LogP contribution in [0, 0.1) is 5.92 Å². The molecule has 30 heavy (non-hydrogen) atoms. The number of hydrogen-bond donors (Lipinski definition) is 2. The lowest BCUT2D eigenvalue weighted by molar-refractivity contribution is 0.0927. The Morgan fingerprint density at radius 1 is 1.07 bits per heavy atom. The molecule has 3 heterocycles. The van der Waals surface area contributed by atoms with Crippen LogP contribution in [0.3, 0.4) is 0 Å². The summed E-state index contributed by atoms with van der Waals surface area (Å²) in [5.41, 5.74) is 6.54. The van der Waals surface area contributed by atoms with Gasteiger partial charge in [-0.25, -0.2) is 0 Å². The molecule has 166 valence electrons. The van der Waals surface area contributed by atoms with E-state index in [-0.39, 0.29) is 24.0 Å². The SMILES string of the molecule is NC1CCN(S(=O)(=O)N2CC3CC[C@H](NC(=O)c4cnn(C5CC5)c4)C[C@@H]2C3)CC1. The highest BCUT2D eigenvalue weighted by molar-refractivity contribution is 7.86. The molecule has 0 radical (unpaired) electrons. The zero-order valence-corrected chi connectivity index (χ0v) is 18.1. The number of nitrogens with zero attached hydrogens (tertiary/aromatic N) is 4. The van der Waals surface area contributed by atoms with Crippen LogP contribution in [-0.4, -0.2) is 70.5 Å². The Morgan fingerprint density at radius 2 is 1.83 bits per heavy atom. The molecule has 3 atom stereocenters. The monoisotopic (exact) mass is 436 g/mol. The van der Waals surface area contributed by atoms with Gasteiger partial charge >= 0.3 is 0 Å². The van der Waals surface area contributed by atoms with Gasteiger partial charge in [0.15, 0.2) is 0 Å². The van der Waals surface area contributed by atoms with Crippen molar-refractivity contribution in [1.82, 2.24) is 23.7 Å². The fourth-order valence-electron chi connectivity index (χ4n) is 5.22. The summed E-state index contributed by atoms with van der Waals surface area (Å²) in [6, 6.07) is 0.492. The summed E-state index contributed by atoms with van der Waals surface area (Å²) in [4.78, 5) is 12.7. The summed E-state index contributed by atoms with van der Waals surface area (Å²) in [6.45, 7) is 1.61. The summed E-state index contributed by atoms with van der Waals surface area (Å²) in [5.74, 6) is 0.264. The average Bonchev–Trinajstić information content (AvgIpc) is 3.34. The summed E-state index contributed by atoms with van der Waals surface area (Å²) in [7, 11) is -3.47. The highest BCUT2D eigenvalue weighted by Crippen LogP contribution is 2.37. The Balaban J connectivity index is 1.24. The lowest BCUT2D eigenvalue weighted by Gasteiger charge is -2.36. The molecule has 1 aromatic heterocycles. The van der Waals surface area contributed by atoms with Crippen LogP contribution in [0.5, 0.6) is 0 Å². The Labute approximate surface area is 178 Å². The number of hydrogen-bond acceptors (Lipinski definition) is 5. The highest BCUT2D eigenvalue weighted by atomic mass is 32.2. The van der Waals surface area contributed by atoms with Crippen LogP contribution in [-0.2, 0) is 10.2 Å². The molecular formula is C20H32N6O3S. The molecule has 0 spiro atoms. The van der Waals surface area contributed by atoms with E-state index in [4.69, 9.17) is 5.73 Å². The van der Waals surface area contributed by atoms with Gasteiger partial charge in [0, 0.05) is 44.0 Å². The number of rotatable bonds is 5. The van der Waals surface area contributed by atoms with Gasteiger partial charge in [-0.15, -0.1) is 0 Å². The van der Waals surface area contributed by atoms with E-state index in [0.29, 0.717) is 56.4 Å². The van der Waals surface area contributed by atoms with E-state index < -0.39 is 10.2 Å². The molecule has 1 amide bonds. The first-order chi connectivity index (χ1) is 14.4. The summed E-state index contributed by atoms with van der Waals surface area (Å²) >= 11 is 0. The first kappa shape index (κ1) is 20.4. The maximum absolute atomic E-state index is 13.3. The van der Waals surface area contributed by atoms with Crippen molar-refractivity contribution in [2.24, 2.45) is 11.7 Å². The molecule has 1 aromatic rings. The van der Waals surface area contributed by atoms with Gasteiger partial charge in [-0.05, 0) is 57.3 Å². The van der Waals surface area contributed by atoms with Crippen molar-refractivity contribution < 1.29 is 13.2 Å². The van der Waals surface area contributed by atoms with Crippen LogP contribution in [0.4, 0.5) is 0 Å². The second-order valence-corrected chi connectivity index (χ2v) is 11.4. The van der Waals surface area contributed by atoms with E-state index in [9.17, 15) is 13.2 Å². The standard InChI is InChI=1S/C20H32N6O3S/c21-16-5-7-24(8-6-16)30(28,29)26-12-14-1-2-17(10-19(26)9-14)23-20(27)15-11-22-25(13-15)18-3-4-18/h11,13-14,16-19H,1-10,12,21H2,(H,23,27)/t14?,17-,19-/m0/s1. The van der Waals surface area contributed by atoms with Gasteiger partial charge in [0.25, 0.3) is 16.1 Å². The third-order valence-corrected chi connectivity index (χ3v) is 9.23. The van der Waals surface area contributed by atoms with Crippen LogP contribution in [0.2, 0.25) is 0 Å². The highest BCUT2D eigenvalue weighted by Gasteiger charge is 2.45. The van der Waals surface area contributed by atoms with Gasteiger partial charge in [-0.2, -0.15) is 22.1 Å². The van der Waals surface area contributed by atoms with E-state index >= 15 is 0 Å². The van der Waals surface area contributed by atoms with E-state index in [2.05, 4.69) is 10.4 Å². The van der Waals surface area contributed by atoms with Crippen molar-refractivity contribution in [2.75, 3.05) is 19.6 Å². The van der Waals surface area contributed by atoms with Gasteiger partial charge in [0.05, 0.1) is 17.8 Å². The van der Waals surface area contributed by atoms with Crippen molar-refractivity contribution in [2.45, 2.75) is 75.5 Å². The third-order valence-electron chi connectivity index (χ3n) is 7.17. The molecule has 4 aliphatic rings. The molecule has 5 rings (SSSR count). The zero-order chi connectivity index (χ0) is 20.9. The van der Waals surface area contributed by atoms with Gasteiger partial charge < -0.3 is 11.1 Å². The molecule has 2 saturated carbocycles. The zero-order valence-electron chi connectivity index (χ0n) is 17.3. The van der Waals surface area contributed by atoms with Crippen molar-refractivity contribution >= 4 is 16.1 Å². The maximum atomic E-state index is 13.3. The number of nitrogens with two attached hydrogens (primary N) is 1. The number of piperidine rings is 1. The molecule has 10 heteroatoms. The molecule has 3 N–H and O–H groups in total. The summed E-state index contributed by atoms with van der Waals surface area (Å²) in [6.07, 6.45) is 10.5. The molecule has 0 aromatic carbocycles. The van der Waals surface area contributed by atoms with Crippen molar-refractivity contribution in [1.29, 1.82) is 0 Å². The molecule has 1 unspecified atom stereocenters. The smallest absolute Gasteiger partial charge is 0.282 e. The molecule has 2 saturated heterocycles. The van der Waals surface area contributed by atoms with E-state index in [0.717, 1.165) is 32.1 Å². The molecule has 2 bridgehead atoms. The second kappa shape index (κ2) is 7.89. The number of carbonyl (C=O) groups excluding carboxylic acids is 1. The minimum atomic E-state index is -3.47. The normalized spacial score (nSPS) is 31.6. The van der Waals surface area contributed by atoms with Crippen LogP contribution >= 0.6 is 0 Å². The Hall–Kier alpha value is -1.49. The largest absolute Gasteiger partial charge is 0.349 e. The predicted molar refractivity (Wildman–Crippen MR) is 112 cm³/mol. The van der Waals surface area contributed by atoms with Gasteiger partial charge in [-0.3, -0.25) is 9.48 Å². The van der Waals surface area contributed by atoms with Crippen molar-refractivity contribution in [3.8, 4) is 0 Å². The Morgan fingerprint density at radius 3 is 2.57 bits per heavy atom. The first-order valence-electron chi connectivity index (χ1n) is 11.3. The maximum Gasteiger partial charge on any atom is 0.282 e. The minimum Gasteiger partial charge on any atom is -0.349 e. The number of carbonyl (C=O) groups is 1. The molecular weight excluding hydrogens is 404 g/mol. The summed E-state index contributed by atoms with van der Waals surface area (Å²) in [5, 5.41) is 7.45. The number of aromatic nitrogens is 2. The topological polar surface area (TPSA) is 114 Å². The van der Waals surface area contributed by atoms with Crippen LogP contribution in [0.1, 0.15) is 67.8 Å². The lowest BCUT2D eigenvalue weighted by Crippen LogP contribution is -2.52. The fraction of sp³-hybridized carbons (Fsp3) is 0.800. The van der Waals surface area contributed by atoms with E-state index in [1.165, 1.54) is 0 Å². The minimum absolute atomic E-state index is 0.00967. The van der Waals surface area contributed by atoms with Crippen molar-refractivity contribution in [3.05, 3.63) is 18.0 Å². The van der Waals surface area contributed by atoms with Crippen LogP contribution in [0.15, 0.2) is 12.4 Å². The number of nitrogens with one attached hydrogen (secondary N) is 1.